The lowest BCUT2D eigenvalue weighted by Gasteiger charge is -2.21. The summed E-state index contributed by atoms with van der Waals surface area (Å²) in [4.78, 5) is 12.5. The third-order valence-corrected chi connectivity index (χ3v) is 6.87. The number of hydrogen-bond donors (Lipinski definition) is 1. The molecule has 0 saturated heterocycles. The van der Waals surface area contributed by atoms with E-state index in [1.807, 2.05) is 24.3 Å². The Morgan fingerprint density at radius 1 is 0.816 bits per heavy atom. The molecule has 0 aliphatic carbocycles. The molecule has 2 rings (SSSR count). The number of benzene rings is 2. The second-order valence-corrected chi connectivity index (χ2v) is 10.8. The lowest BCUT2D eigenvalue weighted by Crippen LogP contribution is -2.38. The van der Waals surface area contributed by atoms with Crippen molar-refractivity contribution >= 4 is 16.7 Å². The van der Waals surface area contributed by atoms with Gasteiger partial charge in [0, 0.05) is 24.4 Å². The van der Waals surface area contributed by atoms with Crippen LogP contribution in [0.3, 0.4) is 0 Å². The first-order valence-electron chi connectivity index (χ1n) is 15.3. The Morgan fingerprint density at radius 2 is 1.45 bits per heavy atom. The standard InChI is InChI=1S/C34H53NO3/c1-4-5-6-7-8-9-10-11-12-13-14-15-16-17-18-26-34(36)38-31(27-35-29(2)3)28-37-33-25-21-23-30-22-19-20-24-32(30)33/h11-12,19-25,29,31,35H,4-10,13-18,26-28H2,1-3H3. The quantitative estimate of drug-likeness (QED) is 0.0949. The zero-order valence-electron chi connectivity index (χ0n) is 24.4. The topological polar surface area (TPSA) is 47.6 Å². The van der Waals surface area contributed by atoms with Crippen LogP contribution in [0.2, 0.25) is 0 Å². The van der Waals surface area contributed by atoms with Gasteiger partial charge in [-0.25, -0.2) is 0 Å². The van der Waals surface area contributed by atoms with Crippen molar-refractivity contribution < 1.29 is 14.3 Å². The minimum atomic E-state index is -0.313. The van der Waals surface area contributed by atoms with Gasteiger partial charge < -0.3 is 14.8 Å². The summed E-state index contributed by atoms with van der Waals surface area (Å²) in [7, 11) is 0. The molecule has 0 spiro atoms. The minimum absolute atomic E-state index is 0.125. The molecule has 0 aliphatic heterocycles. The lowest BCUT2D eigenvalue weighted by atomic mass is 10.1. The van der Waals surface area contributed by atoms with Crippen molar-refractivity contribution in [3.05, 3.63) is 54.6 Å². The molecule has 2 aromatic carbocycles. The highest BCUT2D eigenvalue weighted by Gasteiger charge is 2.16. The molecular weight excluding hydrogens is 470 g/mol. The fraction of sp³-hybridized carbons (Fsp3) is 0.618. The summed E-state index contributed by atoms with van der Waals surface area (Å²) < 4.78 is 11.9. The van der Waals surface area contributed by atoms with E-state index in [9.17, 15) is 4.79 Å². The number of carbonyl (C=O) groups excluding carboxylic acids is 1. The van der Waals surface area contributed by atoms with Crippen molar-refractivity contribution in [3.63, 3.8) is 0 Å². The van der Waals surface area contributed by atoms with Crippen LogP contribution >= 0.6 is 0 Å². The zero-order chi connectivity index (χ0) is 27.3. The number of nitrogens with one attached hydrogen (secondary N) is 1. The SMILES string of the molecule is CCCCCCCCC=CCCCCCCCC(=O)OC(CNC(C)C)COc1cccc2ccccc12. The van der Waals surface area contributed by atoms with Gasteiger partial charge in [0.1, 0.15) is 18.5 Å². The Hall–Kier alpha value is -2.33. The molecule has 0 fully saturated rings. The van der Waals surface area contributed by atoms with E-state index in [-0.39, 0.29) is 12.1 Å². The highest BCUT2D eigenvalue weighted by atomic mass is 16.6. The number of unbranched alkanes of at least 4 members (excludes halogenated alkanes) is 11. The lowest BCUT2D eigenvalue weighted by molar-refractivity contribution is -0.150. The molecule has 38 heavy (non-hydrogen) atoms. The van der Waals surface area contributed by atoms with Crippen molar-refractivity contribution in [1.82, 2.24) is 5.32 Å². The van der Waals surface area contributed by atoms with Crippen LogP contribution in [0.25, 0.3) is 10.8 Å². The van der Waals surface area contributed by atoms with Gasteiger partial charge >= 0.3 is 5.97 Å². The van der Waals surface area contributed by atoms with Crippen molar-refractivity contribution in [1.29, 1.82) is 0 Å². The van der Waals surface area contributed by atoms with Crippen LogP contribution < -0.4 is 10.1 Å². The van der Waals surface area contributed by atoms with Crippen LogP contribution in [0.4, 0.5) is 0 Å². The van der Waals surface area contributed by atoms with Crippen LogP contribution in [-0.4, -0.2) is 31.3 Å². The Kier molecular flexibility index (Phi) is 17.3. The molecular formula is C34H53NO3. The van der Waals surface area contributed by atoms with Gasteiger partial charge in [-0.1, -0.05) is 121 Å². The summed E-state index contributed by atoms with van der Waals surface area (Å²) in [6, 6.07) is 14.5. The normalized spacial score (nSPS) is 12.4. The summed E-state index contributed by atoms with van der Waals surface area (Å²) in [6.07, 6.45) is 21.1. The predicted octanol–water partition coefficient (Wildman–Crippen LogP) is 9.17. The molecule has 4 nitrogen and oxygen atoms in total. The maximum atomic E-state index is 12.5. The second-order valence-electron chi connectivity index (χ2n) is 10.8. The third-order valence-electron chi connectivity index (χ3n) is 6.87. The first-order chi connectivity index (χ1) is 18.6. The Balaban J connectivity index is 1.58. The highest BCUT2D eigenvalue weighted by Crippen LogP contribution is 2.25. The van der Waals surface area contributed by atoms with Gasteiger partial charge in [0.2, 0.25) is 0 Å². The molecule has 0 aliphatic rings. The van der Waals surface area contributed by atoms with E-state index in [4.69, 9.17) is 9.47 Å². The van der Waals surface area contributed by atoms with E-state index in [1.165, 1.54) is 70.6 Å². The molecule has 2 aromatic rings. The summed E-state index contributed by atoms with van der Waals surface area (Å²) in [5.41, 5.74) is 0. The molecule has 4 heteroatoms. The van der Waals surface area contributed by atoms with Gasteiger partial charge in [-0.2, -0.15) is 0 Å². The molecule has 0 saturated carbocycles. The van der Waals surface area contributed by atoms with Crippen molar-refractivity contribution in [3.8, 4) is 5.75 Å². The summed E-state index contributed by atoms with van der Waals surface area (Å²) in [5.74, 6) is 0.700. The van der Waals surface area contributed by atoms with E-state index in [1.54, 1.807) is 0 Å². The zero-order valence-corrected chi connectivity index (χ0v) is 24.4. The van der Waals surface area contributed by atoms with E-state index in [2.05, 4.69) is 56.4 Å². The molecule has 0 radical (unpaired) electrons. The Bertz CT molecular complexity index is 902. The fourth-order valence-electron chi connectivity index (χ4n) is 4.59. The van der Waals surface area contributed by atoms with Gasteiger partial charge in [0.15, 0.2) is 0 Å². The van der Waals surface area contributed by atoms with Gasteiger partial charge in [0.25, 0.3) is 0 Å². The predicted molar refractivity (Wildman–Crippen MR) is 162 cm³/mol. The van der Waals surface area contributed by atoms with E-state index >= 15 is 0 Å². The van der Waals surface area contributed by atoms with E-state index in [0.717, 1.165) is 29.4 Å². The number of fused-ring (bicyclic) bond motifs is 1. The van der Waals surface area contributed by atoms with Crippen molar-refractivity contribution in [2.24, 2.45) is 0 Å². The largest absolute Gasteiger partial charge is 0.489 e. The minimum Gasteiger partial charge on any atom is -0.489 e. The Labute approximate surface area is 232 Å². The number of esters is 1. The van der Waals surface area contributed by atoms with Crippen LogP contribution in [0.15, 0.2) is 54.6 Å². The number of ether oxygens (including phenoxy) is 2. The number of rotatable bonds is 22. The van der Waals surface area contributed by atoms with Crippen molar-refractivity contribution in [2.45, 2.75) is 123 Å². The Morgan fingerprint density at radius 3 is 2.16 bits per heavy atom. The smallest absolute Gasteiger partial charge is 0.306 e. The summed E-state index contributed by atoms with van der Waals surface area (Å²) in [5, 5.41) is 5.60. The maximum Gasteiger partial charge on any atom is 0.306 e. The third kappa shape index (κ3) is 14.6. The maximum absolute atomic E-state index is 12.5. The van der Waals surface area contributed by atoms with Crippen LogP contribution in [-0.2, 0) is 9.53 Å². The van der Waals surface area contributed by atoms with Gasteiger partial charge in [-0.05, 0) is 43.6 Å². The molecule has 0 heterocycles. The monoisotopic (exact) mass is 523 g/mol. The van der Waals surface area contributed by atoms with Gasteiger partial charge in [-0.15, -0.1) is 0 Å². The molecule has 0 aromatic heterocycles. The molecule has 0 bridgehead atoms. The molecule has 1 N–H and O–H groups in total. The molecule has 212 valence electrons. The van der Waals surface area contributed by atoms with Gasteiger partial charge in [-0.3, -0.25) is 4.79 Å². The van der Waals surface area contributed by atoms with E-state index in [0.29, 0.717) is 25.6 Å². The average Bonchev–Trinajstić information content (AvgIpc) is 2.92. The molecule has 0 amide bonds. The number of hydrogen-bond acceptors (Lipinski definition) is 4. The van der Waals surface area contributed by atoms with Crippen molar-refractivity contribution in [2.75, 3.05) is 13.2 Å². The highest BCUT2D eigenvalue weighted by molar-refractivity contribution is 5.88. The van der Waals surface area contributed by atoms with E-state index < -0.39 is 0 Å². The van der Waals surface area contributed by atoms with Gasteiger partial charge in [0.05, 0.1) is 0 Å². The first-order valence-corrected chi connectivity index (χ1v) is 15.3. The fourth-order valence-corrected chi connectivity index (χ4v) is 4.59. The molecule has 1 unspecified atom stereocenters. The molecule has 1 atom stereocenters. The first kappa shape index (κ1) is 31.9. The summed E-state index contributed by atoms with van der Waals surface area (Å²) >= 11 is 0. The van der Waals surface area contributed by atoms with Crippen LogP contribution in [0, 0.1) is 0 Å². The second kappa shape index (κ2) is 20.6. The van der Waals surface area contributed by atoms with Crippen LogP contribution in [0.5, 0.6) is 5.75 Å². The van der Waals surface area contributed by atoms with Crippen LogP contribution in [0.1, 0.15) is 111 Å². The number of carbonyl (C=O) groups is 1. The average molecular weight is 524 g/mol. The summed E-state index contributed by atoms with van der Waals surface area (Å²) in [6.45, 7) is 7.38. The number of allylic oxidation sites excluding steroid dienone is 2.